The molecule has 2 aromatic rings. The van der Waals surface area contributed by atoms with Gasteiger partial charge in [0.1, 0.15) is 21.6 Å². The summed E-state index contributed by atoms with van der Waals surface area (Å²) in [6, 6.07) is 13.5. The quantitative estimate of drug-likeness (QED) is 0.246. The zero-order valence-corrected chi connectivity index (χ0v) is 22.4. The maximum Gasteiger partial charge on any atom is 1.00 e. The molecule has 0 radical (unpaired) electrons. The maximum atomic E-state index is 11.3. The number of rotatable bonds is 14. The molecule has 30 heavy (non-hydrogen) atoms. The van der Waals surface area contributed by atoms with Crippen molar-refractivity contribution in [2.24, 2.45) is 0 Å². The van der Waals surface area contributed by atoms with Crippen LogP contribution in [-0.2, 0) is 16.5 Å². The van der Waals surface area contributed by atoms with Crippen molar-refractivity contribution in [2.45, 2.75) is 82.4 Å². The molecule has 4 nitrogen and oxygen atoms in total. The second kappa shape index (κ2) is 15.6. The third kappa shape index (κ3) is 10.9. The molecule has 0 fully saturated rings. The molecule has 0 atom stereocenters. The third-order valence-corrected chi connectivity index (χ3v) is 5.96. The van der Waals surface area contributed by atoms with Crippen LogP contribution in [0.1, 0.15) is 76.7 Å². The van der Waals surface area contributed by atoms with Crippen LogP contribution < -0.4 is 56.1 Å². The van der Waals surface area contributed by atoms with Gasteiger partial charge in [-0.15, -0.1) is 0 Å². The smallest absolute Gasteiger partial charge is 0.744 e. The zero-order valence-electron chi connectivity index (χ0n) is 18.4. The van der Waals surface area contributed by atoms with Crippen LogP contribution in [0.3, 0.4) is 0 Å². The van der Waals surface area contributed by atoms with Gasteiger partial charge in [0, 0.05) is 0 Å². The minimum Gasteiger partial charge on any atom is -0.744 e. The molecule has 0 bridgehead atoms. The minimum absolute atomic E-state index is 0. The molecule has 0 saturated carbocycles. The molecule has 0 aliphatic rings. The molecule has 0 unspecified atom stereocenters. The van der Waals surface area contributed by atoms with Gasteiger partial charge in [-0.3, -0.25) is 0 Å². The first-order chi connectivity index (χ1) is 14.0. The van der Waals surface area contributed by atoms with Crippen LogP contribution in [0.25, 0.3) is 0 Å². The first kappa shape index (κ1) is 27.8. The molecular formula is C24H33KO4S. The first-order valence-electron chi connectivity index (χ1n) is 10.8. The Morgan fingerprint density at radius 3 is 1.87 bits per heavy atom. The van der Waals surface area contributed by atoms with Crippen molar-refractivity contribution in [2.75, 3.05) is 0 Å². The van der Waals surface area contributed by atoms with Gasteiger partial charge < -0.3 is 9.29 Å². The van der Waals surface area contributed by atoms with E-state index in [-0.39, 0.29) is 62.0 Å². The average molecular weight is 457 g/mol. The van der Waals surface area contributed by atoms with Gasteiger partial charge in [0.15, 0.2) is 0 Å². The normalized spacial score (nSPS) is 11.1. The van der Waals surface area contributed by atoms with Crippen molar-refractivity contribution < 1.29 is 69.1 Å². The summed E-state index contributed by atoms with van der Waals surface area (Å²) in [5, 5.41) is 0. The zero-order chi connectivity index (χ0) is 21.0. The summed E-state index contributed by atoms with van der Waals surface area (Å²) in [6.45, 7) is 2.25. The fourth-order valence-corrected chi connectivity index (χ4v) is 4.01. The molecule has 2 aromatic carbocycles. The van der Waals surface area contributed by atoms with E-state index in [2.05, 4.69) is 6.92 Å². The Morgan fingerprint density at radius 2 is 1.30 bits per heavy atom. The Kier molecular flexibility index (Phi) is 14.4. The Balaban J connectivity index is 0.00000450. The van der Waals surface area contributed by atoms with Crippen LogP contribution in [-0.4, -0.2) is 13.0 Å². The summed E-state index contributed by atoms with van der Waals surface area (Å²) < 4.78 is 39.6. The van der Waals surface area contributed by atoms with Crippen molar-refractivity contribution in [3.63, 3.8) is 0 Å². The number of para-hydroxylation sites is 1. The summed E-state index contributed by atoms with van der Waals surface area (Å²) >= 11 is 0. The van der Waals surface area contributed by atoms with Crippen molar-refractivity contribution in [1.29, 1.82) is 0 Å². The molecule has 6 heteroatoms. The summed E-state index contributed by atoms with van der Waals surface area (Å²) in [5.41, 5.74) is 1.24. The third-order valence-electron chi connectivity index (χ3n) is 5.09. The van der Waals surface area contributed by atoms with Gasteiger partial charge >= 0.3 is 51.4 Å². The number of unbranched alkanes of at least 4 members (excludes halogenated alkanes) is 9. The fourth-order valence-electron chi connectivity index (χ4n) is 3.41. The summed E-state index contributed by atoms with van der Waals surface area (Å²) in [5.74, 6) is 0.581. The van der Waals surface area contributed by atoms with Crippen LogP contribution in [0.5, 0.6) is 11.5 Å². The average Bonchev–Trinajstić information content (AvgIpc) is 2.70. The van der Waals surface area contributed by atoms with Crippen LogP contribution in [0, 0.1) is 0 Å². The van der Waals surface area contributed by atoms with Gasteiger partial charge in [-0.1, -0.05) is 89.0 Å². The molecule has 0 N–H and O–H groups in total. The van der Waals surface area contributed by atoms with E-state index in [4.69, 9.17) is 4.74 Å². The largest absolute Gasteiger partial charge is 1.00 e. The van der Waals surface area contributed by atoms with Crippen LogP contribution >= 0.6 is 0 Å². The SMILES string of the molecule is CCCCCCCCCCCCc1ccc(Oc2ccccc2S(=O)(=O)[O-])cc1.[K+]. The van der Waals surface area contributed by atoms with E-state index in [0.29, 0.717) is 5.75 Å². The van der Waals surface area contributed by atoms with Gasteiger partial charge in [-0.05, 0) is 42.7 Å². The Labute approximate surface area is 225 Å². The van der Waals surface area contributed by atoms with Gasteiger partial charge in [-0.25, -0.2) is 8.42 Å². The molecule has 0 spiro atoms. The minimum atomic E-state index is -4.56. The van der Waals surface area contributed by atoms with Crippen molar-refractivity contribution in [3.05, 3.63) is 54.1 Å². The van der Waals surface area contributed by atoms with Crippen LogP contribution in [0.15, 0.2) is 53.4 Å². The van der Waals surface area contributed by atoms with Gasteiger partial charge in [-0.2, -0.15) is 0 Å². The van der Waals surface area contributed by atoms with Crippen molar-refractivity contribution in [1.82, 2.24) is 0 Å². The summed E-state index contributed by atoms with van der Waals surface area (Å²) in [4.78, 5) is -0.338. The predicted molar refractivity (Wildman–Crippen MR) is 116 cm³/mol. The van der Waals surface area contributed by atoms with E-state index < -0.39 is 10.1 Å². The number of benzene rings is 2. The van der Waals surface area contributed by atoms with Crippen molar-refractivity contribution in [3.8, 4) is 11.5 Å². The maximum absolute atomic E-state index is 11.3. The van der Waals surface area contributed by atoms with Crippen LogP contribution in [0.2, 0.25) is 0 Å². The molecule has 0 amide bonds. The van der Waals surface area contributed by atoms with E-state index in [1.165, 1.54) is 88.0 Å². The van der Waals surface area contributed by atoms with E-state index in [0.717, 1.165) is 6.42 Å². The monoisotopic (exact) mass is 456 g/mol. The number of hydrogen-bond donors (Lipinski definition) is 0. The molecule has 0 aliphatic carbocycles. The van der Waals surface area contributed by atoms with E-state index in [1.807, 2.05) is 24.3 Å². The molecule has 0 saturated heterocycles. The second-order valence-corrected chi connectivity index (χ2v) is 8.93. The second-order valence-electron chi connectivity index (χ2n) is 7.58. The van der Waals surface area contributed by atoms with Crippen LogP contribution in [0.4, 0.5) is 0 Å². The van der Waals surface area contributed by atoms with E-state index in [9.17, 15) is 13.0 Å². The van der Waals surface area contributed by atoms with Gasteiger partial charge in [0.05, 0.1) is 4.90 Å². The molecule has 0 aliphatic heterocycles. The molecule has 2 rings (SSSR count). The standard InChI is InChI=1S/C24H34O4S.K/c1-2-3-4-5-6-7-8-9-10-11-14-21-17-19-22(20-18-21)28-23-15-12-13-16-24(23)29(25,26)27;/h12-13,15-20H,2-11,14H2,1H3,(H,25,26,27);/q;+1/p-1. The van der Waals surface area contributed by atoms with Crippen molar-refractivity contribution >= 4 is 10.1 Å². The molecular weight excluding hydrogens is 423 g/mol. The fraction of sp³-hybridized carbons (Fsp3) is 0.500. The Bertz CT molecular complexity index is 819. The Morgan fingerprint density at radius 1 is 0.767 bits per heavy atom. The van der Waals surface area contributed by atoms with Gasteiger partial charge in [0.2, 0.25) is 0 Å². The summed E-state index contributed by atoms with van der Waals surface area (Å²) in [7, 11) is -4.56. The number of hydrogen-bond acceptors (Lipinski definition) is 4. The topological polar surface area (TPSA) is 66.4 Å². The van der Waals surface area contributed by atoms with E-state index >= 15 is 0 Å². The number of aryl methyl sites for hydroxylation is 1. The Hall–Kier alpha value is -0.214. The van der Waals surface area contributed by atoms with E-state index in [1.54, 1.807) is 6.07 Å². The predicted octanol–water partition coefficient (Wildman–Crippen LogP) is 3.85. The van der Waals surface area contributed by atoms with Gasteiger partial charge in [0.25, 0.3) is 0 Å². The molecule has 160 valence electrons. The molecule has 0 aromatic heterocycles. The number of ether oxygens (including phenoxy) is 1. The molecule has 0 heterocycles. The summed E-state index contributed by atoms with van der Waals surface area (Å²) in [6.07, 6.45) is 14.3. The first-order valence-corrected chi connectivity index (χ1v) is 12.2.